The van der Waals surface area contributed by atoms with Gasteiger partial charge in [-0.15, -0.1) is 10.2 Å². The van der Waals surface area contributed by atoms with E-state index in [1.165, 1.54) is 0 Å². The smallest absolute Gasteiger partial charge is 0.238 e. The van der Waals surface area contributed by atoms with Gasteiger partial charge in [0.05, 0.1) is 5.41 Å². The Hall–Kier alpha value is -6.04. The fourth-order valence-electron chi connectivity index (χ4n) is 7.57. The van der Waals surface area contributed by atoms with Crippen molar-refractivity contribution in [3.05, 3.63) is 185 Å². The fraction of sp³-hybridized carbons (Fsp3) is 0.227. The number of nitrogens with zero attached hydrogens (tertiary/aromatic N) is 7. The molecule has 2 heterocycles. The first kappa shape index (κ1) is 34.4. The number of aromatic nitrogens is 2. The summed E-state index contributed by atoms with van der Waals surface area (Å²) >= 11 is 0. The molecule has 0 saturated carbocycles. The molecule has 1 aliphatic heterocycles. The summed E-state index contributed by atoms with van der Waals surface area (Å²) in [4.78, 5) is 4.77. The lowest BCUT2D eigenvalue weighted by molar-refractivity contribution is 0.122. The Morgan fingerprint density at radius 2 is 1.25 bits per heavy atom. The second-order valence-electron chi connectivity index (χ2n) is 13.5. The summed E-state index contributed by atoms with van der Waals surface area (Å²) in [6, 6.07) is 50.1. The molecule has 52 heavy (non-hydrogen) atoms. The van der Waals surface area contributed by atoms with Crippen molar-refractivity contribution in [3.8, 4) is 17.2 Å². The van der Waals surface area contributed by atoms with E-state index in [1.807, 2.05) is 85.1 Å². The maximum atomic E-state index is 10.9. The largest absolute Gasteiger partial charge is 0.386 e. The first-order valence-corrected chi connectivity index (χ1v) is 17.8. The van der Waals surface area contributed by atoms with Gasteiger partial charge in [-0.2, -0.15) is 5.26 Å². The van der Waals surface area contributed by atoms with Crippen molar-refractivity contribution in [1.29, 1.82) is 5.26 Å². The van der Waals surface area contributed by atoms with Gasteiger partial charge in [-0.05, 0) is 56.2 Å². The Bertz CT molecular complexity index is 2130. The number of aliphatic hydroxyl groups is 1. The van der Waals surface area contributed by atoms with Crippen LogP contribution in [-0.4, -0.2) is 14.7 Å². The van der Waals surface area contributed by atoms with E-state index < -0.39 is 17.2 Å². The number of rotatable bonds is 12. The molecule has 258 valence electrons. The number of imidazole rings is 1. The quantitative estimate of drug-likeness (QED) is 0.130. The van der Waals surface area contributed by atoms with E-state index in [9.17, 15) is 10.4 Å². The van der Waals surface area contributed by atoms with Gasteiger partial charge in [-0.1, -0.05) is 160 Å². The Balaban J connectivity index is 1.38. The molecule has 1 N–H and O–H groups in total. The number of nitriles is 1. The predicted molar refractivity (Wildman–Crippen MR) is 202 cm³/mol. The Morgan fingerprint density at radius 3 is 1.75 bits per heavy atom. The van der Waals surface area contributed by atoms with Crippen molar-refractivity contribution in [2.75, 3.05) is 0 Å². The third kappa shape index (κ3) is 5.83. The molecular weight excluding hydrogens is 643 g/mol. The van der Waals surface area contributed by atoms with Crippen molar-refractivity contribution in [1.82, 2.24) is 9.55 Å². The van der Waals surface area contributed by atoms with Crippen molar-refractivity contribution in [3.63, 3.8) is 0 Å². The van der Waals surface area contributed by atoms with Gasteiger partial charge < -0.3 is 9.67 Å². The van der Waals surface area contributed by atoms with E-state index in [2.05, 4.69) is 96.2 Å². The van der Waals surface area contributed by atoms with Crippen LogP contribution in [0.4, 0.5) is 0 Å². The highest BCUT2D eigenvalue weighted by molar-refractivity contribution is 5.72. The molecule has 7 rings (SSSR count). The molecule has 1 atom stereocenters. The van der Waals surface area contributed by atoms with Gasteiger partial charge in [0.2, 0.25) is 5.66 Å². The number of hydrogen-bond donors (Lipinski definition) is 1. The lowest BCUT2D eigenvalue weighted by atomic mass is 9.59. The minimum absolute atomic E-state index is 0.0593. The second-order valence-corrected chi connectivity index (χ2v) is 13.5. The highest BCUT2D eigenvalue weighted by Crippen LogP contribution is 2.58. The number of benzene rings is 5. The van der Waals surface area contributed by atoms with Crippen LogP contribution < -0.4 is 0 Å². The van der Waals surface area contributed by atoms with Crippen LogP contribution in [0.15, 0.2) is 160 Å². The third-order valence-corrected chi connectivity index (χ3v) is 10.0. The van der Waals surface area contributed by atoms with Crippen LogP contribution in [0.2, 0.25) is 0 Å². The zero-order valence-electron chi connectivity index (χ0n) is 29.6. The first-order chi connectivity index (χ1) is 25.4. The predicted octanol–water partition coefficient (Wildman–Crippen LogP) is 10.1. The maximum Gasteiger partial charge on any atom is 0.238 e. The molecule has 0 aliphatic carbocycles. The number of hydrogen-bond acceptors (Lipinski definition) is 7. The van der Waals surface area contributed by atoms with Crippen LogP contribution in [0.1, 0.15) is 78.3 Å². The van der Waals surface area contributed by atoms with Gasteiger partial charge in [-0.25, -0.2) is 4.98 Å². The minimum Gasteiger partial charge on any atom is -0.386 e. The monoisotopic (exact) mass is 683 g/mol. The molecule has 0 fully saturated rings. The van der Waals surface area contributed by atoms with Crippen LogP contribution in [0.25, 0.3) is 11.1 Å². The lowest BCUT2D eigenvalue weighted by Gasteiger charge is -2.45. The standard InChI is InChI=1S/C44H41N7O/c1-4-16-40-46-41(42(52)31(2)3)39(29-45)51(40)30-32-25-27-33(28-26-32)37-23-14-15-24-38(37)44(47-49-50-48-44)43(34-17-8-5-9-18-34,35-19-10-6-11-20-35)36-21-12-7-13-22-36/h5-15,17-28,31,42,52H,4,16,30H2,1-3H3. The summed E-state index contributed by atoms with van der Waals surface area (Å²) in [5, 5.41) is 39.6. The molecule has 0 spiro atoms. The van der Waals surface area contributed by atoms with Gasteiger partial charge >= 0.3 is 0 Å². The Labute approximate surface area is 304 Å². The molecule has 6 aromatic rings. The average Bonchev–Trinajstić information content (AvgIpc) is 3.82. The highest BCUT2D eigenvalue weighted by Gasteiger charge is 2.60. The Kier molecular flexibility index (Phi) is 9.71. The molecule has 0 radical (unpaired) electrons. The van der Waals surface area contributed by atoms with Gasteiger partial charge in [0.25, 0.3) is 0 Å². The summed E-state index contributed by atoms with van der Waals surface area (Å²) in [6.45, 7) is 6.42. The second kappa shape index (κ2) is 14.7. The zero-order chi connectivity index (χ0) is 36.1. The zero-order valence-corrected chi connectivity index (χ0v) is 29.6. The molecule has 5 aromatic carbocycles. The number of aliphatic hydroxyl groups excluding tert-OH is 1. The molecule has 8 nitrogen and oxygen atoms in total. The van der Waals surface area contributed by atoms with Crippen molar-refractivity contribution < 1.29 is 5.11 Å². The van der Waals surface area contributed by atoms with Crippen LogP contribution in [-0.2, 0) is 24.0 Å². The average molecular weight is 684 g/mol. The SMILES string of the molecule is CCCc1nc(C(O)C(C)C)c(C#N)n1Cc1ccc(-c2ccccc2C2(C(c3ccccc3)(c3ccccc3)c3ccccc3)N=NN=N2)cc1. The molecule has 0 bridgehead atoms. The van der Waals surface area contributed by atoms with Gasteiger partial charge in [0.1, 0.15) is 29.4 Å². The summed E-state index contributed by atoms with van der Waals surface area (Å²) < 4.78 is 1.95. The molecular formula is C44H41N7O. The molecule has 1 unspecified atom stereocenters. The third-order valence-electron chi connectivity index (χ3n) is 10.0. The molecule has 8 heteroatoms. The summed E-state index contributed by atoms with van der Waals surface area (Å²) in [5.74, 6) is 0.747. The van der Waals surface area contributed by atoms with E-state index in [0.29, 0.717) is 24.4 Å². The summed E-state index contributed by atoms with van der Waals surface area (Å²) in [7, 11) is 0. The van der Waals surface area contributed by atoms with Gasteiger partial charge in [0.15, 0.2) is 0 Å². The summed E-state index contributed by atoms with van der Waals surface area (Å²) in [5.41, 5.74) is 5.47. The van der Waals surface area contributed by atoms with E-state index in [-0.39, 0.29) is 5.92 Å². The molecule has 0 amide bonds. The van der Waals surface area contributed by atoms with E-state index >= 15 is 0 Å². The van der Waals surface area contributed by atoms with Crippen LogP contribution >= 0.6 is 0 Å². The fourth-order valence-corrected chi connectivity index (χ4v) is 7.57. The Morgan fingerprint density at radius 1 is 0.731 bits per heavy atom. The van der Waals surface area contributed by atoms with Crippen LogP contribution in [0.3, 0.4) is 0 Å². The molecule has 0 saturated heterocycles. The summed E-state index contributed by atoms with van der Waals surface area (Å²) in [6.07, 6.45) is 0.779. The van der Waals surface area contributed by atoms with E-state index in [4.69, 9.17) is 15.2 Å². The van der Waals surface area contributed by atoms with Crippen molar-refractivity contribution in [2.45, 2.75) is 57.3 Å². The van der Waals surface area contributed by atoms with E-state index in [0.717, 1.165) is 51.2 Å². The van der Waals surface area contributed by atoms with Gasteiger partial charge in [-0.3, -0.25) is 0 Å². The van der Waals surface area contributed by atoms with Crippen molar-refractivity contribution in [2.24, 2.45) is 26.6 Å². The minimum atomic E-state index is -1.30. The topological polar surface area (TPSA) is 111 Å². The normalized spacial score (nSPS) is 14.1. The highest BCUT2D eigenvalue weighted by atomic mass is 16.3. The van der Waals surface area contributed by atoms with Crippen LogP contribution in [0, 0.1) is 17.2 Å². The lowest BCUT2D eigenvalue weighted by Crippen LogP contribution is -2.48. The molecule has 1 aliphatic rings. The molecule has 1 aromatic heterocycles. The van der Waals surface area contributed by atoms with Crippen molar-refractivity contribution >= 4 is 0 Å². The van der Waals surface area contributed by atoms with Gasteiger partial charge in [0, 0.05) is 18.5 Å². The number of aryl methyl sites for hydroxylation is 1. The maximum absolute atomic E-state index is 10.9. The van der Waals surface area contributed by atoms with E-state index in [1.54, 1.807) is 0 Å². The first-order valence-electron chi connectivity index (χ1n) is 17.8. The van der Waals surface area contributed by atoms with Crippen LogP contribution in [0.5, 0.6) is 0 Å².